The average molecular weight is 500 g/mol. The minimum atomic E-state index is -0.699. The first-order chi connectivity index (χ1) is 15.3. The lowest BCUT2D eigenvalue weighted by Gasteiger charge is -2.46. The molecule has 0 aromatic carbocycles. The molecule has 0 aliphatic heterocycles. The molecule has 0 amide bonds. The zero-order valence-corrected chi connectivity index (χ0v) is 21.3. The Labute approximate surface area is 203 Å². The van der Waals surface area contributed by atoms with Gasteiger partial charge < -0.3 is 29.5 Å². The third kappa shape index (κ3) is 9.53. The van der Waals surface area contributed by atoms with E-state index in [4.69, 9.17) is 37.4 Å². The molecule has 0 heterocycles. The van der Waals surface area contributed by atoms with Crippen LogP contribution in [-0.2, 0) is 14.2 Å². The summed E-state index contributed by atoms with van der Waals surface area (Å²) in [5.74, 6) is 1.73. The van der Waals surface area contributed by atoms with Crippen LogP contribution in [-0.4, -0.2) is 84.0 Å². The minimum Gasteiger partial charge on any atom is -0.389 e. The van der Waals surface area contributed by atoms with E-state index >= 15 is 0 Å². The molecular weight excluding hydrogens is 455 g/mol. The van der Waals surface area contributed by atoms with Crippen LogP contribution in [0.5, 0.6) is 0 Å². The highest BCUT2D eigenvalue weighted by molar-refractivity contribution is 6.18. The first-order valence-electron chi connectivity index (χ1n) is 12.2. The van der Waals surface area contributed by atoms with Crippen LogP contribution >= 0.6 is 23.2 Å². The molecule has 8 heteroatoms. The van der Waals surface area contributed by atoms with Gasteiger partial charge in [-0.3, -0.25) is 0 Å². The fourth-order valence-corrected chi connectivity index (χ4v) is 5.43. The Morgan fingerprint density at radius 3 is 1.47 bits per heavy atom. The summed E-state index contributed by atoms with van der Waals surface area (Å²) in [4.78, 5) is 0. The highest BCUT2D eigenvalue weighted by Crippen LogP contribution is 2.48. The monoisotopic (exact) mass is 498 g/mol. The Bertz CT molecular complexity index is 493. The maximum absolute atomic E-state index is 10.0. The maximum atomic E-state index is 10.0. The van der Waals surface area contributed by atoms with Crippen LogP contribution in [0.15, 0.2) is 0 Å². The van der Waals surface area contributed by atoms with E-state index in [2.05, 4.69) is 13.8 Å². The van der Waals surface area contributed by atoms with Gasteiger partial charge in [0.2, 0.25) is 0 Å². The highest BCUT2D eigenvalue weighted by Gasteiger charge is 2.40. The normalized spacial score (nSPS) is 30.1. The molecule has 2 fully saturated rings. The van der Waals surface area contributed by atoms with Gasteiger partial charge >= 0.3 is 0 Å². The van der Waals surface area contributed by atoms with Crippen LogP contribution in [0, 0.1) is 17.3 Å². The molecule has 2 saturated carbocycles. The van der Waals surface area contributed by atoms with Crippen molar-refractivity contribution in [3.8, 4) is 0 Å². The lowest BCUT2D eigenvalue weighted by Crippen LogP contribution is -2.39. The molecule has 6 nitrogen and oxygen atoms in total. The van der Waals surface area contributed by atoms with Crippen molar-refractivity contribution >= 4 is 23.2 Å². The quantitative estimate of drug-likeness (QED) is 0.316. The van der Waals surface area contributed by atoms with Gasteiger partial charge in [-0.25, -0.2) is 0 Å². The first kappa shape index (κ1) is 28.6. The summed E-state index contributed by atoms with van der Waals surface area (Å²) < 4.78 is 17.1. The number of alkyl halides is 2. The van der Waals surface area contributed by atoms with E-state index in [1.165, 1.54) is 12.8 Å². The van der Waals surface area contributed by atoms with E-state index in [0.717, 1.165) is 38.5 Å². The van der Waals surface area contributed by atoms with Gasteiger partial charge in [0.15, 0.2) is 0 Å². The van der Waals surface area contributed by atoms with Crippen LogP contribution in [0.4, 0.5) is 0 Å². The van der Waals surface area contributed by atoms with Crippen molar-refractivity contribution in [1.29, 1.82) is 0 Å². The van der Waals surface area contributed by atoms with Crippen molar-refractivity contribution in [2.75, 3.05) is 38.2 Å². The number of hydrogen-bond acceptors (Lipinski definition) is 6. The molecule has 2 rings (SSSR count). The van der Waals surface area contributed by atoms with Gasteiger partial charge in [-0.05, 0) is 68.6 Å². The molecule has 0 aromatic rings. The number of aliphatic hydroxyl groups excluding tert-OH is 3. The van der Waals surface area contributed by atoms with Gasteiger partial charge in [-0.2, -0.15) is 0 Å². The Kier molecular flexibility index (Phi) is 13.1. The van der Waals surface area contributed by atoms with E-state index in [-0.39, 0.29) is 43.8 Å². The van der Waals surface area contributed by atoms with Crippen molar-refractivity contribution in [1.82, 2.24) is 0 Å². The first-order valence-corrected chi connectivity index (χ1v) is 13.3. The van der Waals surface area contributed by atoms with Crippen LogP contribution in [0.2, 0.25) is 0 Å². The lowest BCUT2D eigenvalue weighted by atomic mass is 9.60. The second-order valence-corrected chi connectivity index (χ2v) is 10.9. The van der Waals surface area contributed by atoms with Crippen LogP contribution in [0.25, 0.3) is 0 Å². The molecule has 0 radical (unpaired) electrons. The fraction of sp³-hybridized carbons (Fsp3) is 1.00. The predicted octanol–water partition coefficient (Wildman–Crippen LogP) is 3.74. The molecule has 3 unspecified atom stereocenters. The molecule has 190 valence electrons. The molecule has 0 saturated heterocycles. The van der Waals surface area contributed by atoms with Crippen molar-refractivity contribution in [2.24, 2.45) is 17.3 Å². The molecule has 2 aliphatic carbocycles. The van der Waals surface area contributed by atoms with Gasteiger partial charge in [-0.1, -0.05) is 13.8 Å². The van der Waals surface area contributed by atoms with Gasteiger partial charge in [-0.15, -0.1) is 23.2 Å². The number of rotatable bonds is 14. The number of halogens is 2. The van der Waals surface area contributed by atoms with E-state index in [1.807, 2.05) is 0 Å². The third-order valence-electron chi connectivity index (χ3n) is 7.48. The van der Waals surface area contributed by atoms with E-state index in [9.17, 15) is 15.3 Å². The van der Waals surface area contributed by atoms with E-state index in [1.54, 1.807) is 0 Å². The molecule has 32 heavy (non-hydrogen) atoms. The zero-order valence-electron chi connectivity index (χ0n) is 19.8. The molecule has 3 N–H and O–H groups in total. The summed E-state index contributed by atoms with van der Waals surface area (Å²) in [7, 11) is 0. The largest absolute Gasteiger partial charge is 0.389 e. The third-order valence-corrected chi connectivity index (χ3v) is 8.19. The van der Waals surface area contributed by atoms with Gasteiger partial charge in [0.25, 0.3) is 0 Å². The summed E-state index contributed by atoms with van der Waals surface area (Å²) in [6, 6.07) is 0. The average Bonchev–Trinajstić information content (AvgIpc) is 2.81. The van der Waals surface area contributed by atoms with Gasteiger partial charge in [0.1, 0.15) is 6.10 Å². The Hall–Kier alpha value is 0.340. The number of ether oxygens (including phenoxy) is 3. The topological polar surface area (TPSA) is 88.4 Å². The minimum absolute atomic E-state index is 0.125. The summed E-state index contributed by atoms with van der Waals surface area (Å²) in [5.41, 5.74) is 0.294. The smallest absolute Gasteiger partial charge is 0.101 e. The Morgan fingerprint density at radius 2 is 1.03 bits per heavy atom. The number of aliphatic hydroxyl groups is 3. The molecule has 0 spiro atoms. The zero-order chi connectivity index (χ0) is 23.6. The lowest BCUT2D eigenvalue weighted by molar-refractivity contribution is -0.0746. The summed E-state index contributed by atoms with van der Waals surface area (Å²) >= 11 is 11.2. The Balaban J connectivity index is 1.64. The van der Waals surface area contributed by atoms with E-state index in [0.29, 0.717) is 23.9 Å². The second-order valence-electron chi connectivity index (χ2n) is 10.2. The standard InChI is InChI=1S/C24H44Cl2O6/c1-24(2,17-3-7-22(8-4-17)31-15-20(28)12-26)18-5-9-23(10-6-18)32-16-21(29)14-30-13-19(27)11-25/h17-23,27-29H,3-16H2,1-2H3. The number of hydrogen-bond donors (Lipinski definition) is 3. The maximum Gasteiger partial charge on any atom is 0.101 e. The summed E-state index contributed by atoms with van der Waals surface area (Å²) in [6.45, 7) is 5.73. The SMILES string of the molecule is CC(C)(C1CCC(OCC(O)CCl)CC1)C1CCC(OCC(O)COCC(O)CCl)CC1. The molecule has 3 atom stereocenters. The van der Waals surface area contributed by atoms with Crippen LogP contribution in [0.3, 0.4) is 0 Å². The van der Waals surface area contributed by atoms with E-state index < -0.39 is 18.3 Å². The molecular formula is C24H44Cl2O6. The molecule has 0 aromatic heterocycles. The fourth-order valence-electron chi connectivity index (χ4n) is 5.25. The van der Waals surface area contributed by atoms with Gasteiger partial charge in [0.05, 0.1) is 62.6 Å². The summed E-state index contributed by atoms with van der Waals surface area (Å²) in [5, 5.41) is 29.0. The predicted molar refractivity (Wildman–Crippen MR) is 127 cm³/mol. The van der Waals surface area contributed by atoms with Crippen molar-refractivity contribution in [3.05, 3.63) is 0 Å². The van der Waals surface area contributed by atoms with Crippen LogP contribution in [0.1, 0.15) is 65.2 Å². The molecule has 2 aliphatic rings. The van der Waals surface area contributed by atoms with Gasteiger partial charge in [0, 0.05) is 0 Å². The Morgan fingerprint density at radius 1 is 0.656 bits per heavy atom. The van der Waals surface area contributed by atoms with Crippen molar-refractivity contribution in [2.45, 2.75) is 95.7 Å². The van der Waals surface area contributed by atoms with Crippen LogP contribution < -0.4 is 0 Å². The molecule has 0 bridgehead atoms. The van der Waals surface area contributed by atoms with Crippen molar-refractivity contribution in [3.63, 3.8) is 0 Å². The summed E-state index contributed by atoms with van der Waals surface area (Å²) in [6.07, 6.45) is 7.33. The second kappa shape index (κ2) is 14.7. The highest BCUT2D eigenvalue weighted by atomic mass is 35.5. The van der Waals surface area contributed by atoms with Crippen molar-refractivity contribution < 1.29 is 29.5 Å².